The first-order valence-electron chi connectivity index (χ1n) is 7.40. The Balaban J connectivity index is 2.72. The Kier molecular flexibility index (Phi) is 5.76. The molecule has 3 nitrogen and oxygen atoms in total. The molecule has 1 aliphatic carbocycles. The first-order valence-corrected chi connectivity index (χ1v) is 9.67. The van der Waals surface area contributed by atoms with Gasteiger partial charge in [0.2, 0.25) is 0 Å². The molecule has 0 amide bonds. The van der Waals surface area contributed by atoms with Crippen LogP contribution in [0.1, 0.15) is 37.7 Å². The fraction of sp³-hybridized carbons (Fsp3) is 0.438. The lowest BCUT2D eigenvalue weighted by atomic mass is 9.83. The van der Waals surface area contributed by atoms with E-state index in [0.717, 1.165) is 19.3 Å². The third kappa shape index (κ3) is 3.83. The highest BCUT2D eigenvalue weighted by Crippen LogP contribution is 2.41. The molecule has 0 N–H and O–H groups in total. The zero-order chi connectivity index (χ0) is 18.0. The maximum Gasteiger partial charge on any atom is 0.501 e. The molecule has 1 saturated carbocycles. The van der Waals surface area contributed by atoms with Gasteiger partial charge in [-0.3, -0.25) is 0 Å². The molecule has 130 valence electrons. The summed E-state index contributed by atoms with van der Waals surface area (Å²) in [5.41, 5.74) is -5.85. The van der Waals surface area contributed by atoms with Crippen LogP contribution in [0.4, 0.5) is 13.2 Å². The Bertz CT molecular complexity index is 771. The first kappa shape index (κ1) is 19.0. The second-order valence-electron chi connectivity index (χ2n) is 5.65. The molecule has 1 aliphatic rings. The van der Waals surface area contributed by atoms with E-state index in [-0.39, 0.29) is 11.1 Å². The lowest BCUT2D eigenvalue weighted by Gasteiger charge is -2.24. The summed E-state index contributed by atoms with van der Waals surface area (Å²) in [6, 6.07) is 7.22. The Morgan fingerprint density at radius 1 is 1.12 bits per heavy atom. The van der Waals surface area contributed by atoms with Crippen molar-refractivity contribution in [3.05, 3.63) is 39.9 Å². The van der Waals surface area contributed by atoms with Gasteiger partial charge in [0.05, 0.1) is 16.5 Å². The molecular formula is C16H15BrF3NO2S. The molecule has 1 fully saturated rings. The van der Waals surface area contributed by atoms with E-state index in [0.29, 0.717) is 17.3 Å². The summed E-state index contributed by atoms with van der Waals surface area (Å²) < 4.78 is 64.4. The maximum absolute atomic E-state index is 13.2. The fourth-order valence-electron chi connectivity index (χ4n) is 2.89. The molecule has 0 unspecified atom stereocenters. The van der Waals surface area contributed by atoms with E-state index in [2.05, 4.69) is 15.9 Å². The molecule has 1 aromatic carbocycles. The number of alkyl halides is 3. The number of hydrogen-bond donors (Lipinski definition) is 0. The summed E-state index contributed by atoms with van der Waals surface area (Å²) in [7, 11) is -5.62. The Hall–Kier alpha value is -1.33. The number of nitriles is 1. The van der Waals surface area contributed by atoms with Crippen molar-refractivity contribution in [3.8, 4) is 6.07 Å². The number of benzene rings is 1. The lowest BCUT2D eigenvalue weighted by Crippen LogP contribution is -2.26. The van der Waals surface area contributed by atoms with Gasteiger partial charge >= 0.3 is 5.51 Å². The van der Waals surface area contributed by atoms with Gasteiger partial charge in [0.1, 0.15) is 0 Å². The van der Waals surface area contributed by atoms with Gasteiger partial charge in [-0.25, -0.2) is 8.42 Å². The van der Waals surface area contributed by atoms with Gasteiger partial charge < -0.3 is 0 Å². The molecular weight excluding hydrogens is 407 g/mol. The van der Waals surface area contributed by atoms with E-state index >= 15 is 0 Å². The van der Waals surface area contributed by atoms with Gasteiger partial charge in [-0.1, -0.05) is 47.3 Å². The second-order valence-corrected chi connectivity index (χ2v) is 8.44. The maximum atomic E-state index is 13.2. The third-order valence-electron chi connectivity index (χ3n) is 4.06. The number of hydrogen-bond acceptors (Lipinski definition) is 3. The van der Waals surface area contributed by atoms with Crippen molar-refractivity contribution in [1.29, 1.82) is 5.26 Å². The van der Waals surface area contributed by atoms with E-state index < -0.39 is 26.2 Å². The first-order chi connectivity index (χ1) is 11.2. The van der Waals surface area contributed by atoms with Crippen LogP contribution in [0.15, 0.2) is 34.3 Å². The molecule has 0 aromatic heterocycles. The Labute approximate surface area is 147 Å². The van der Waals surface area contributed by atoms with E-state index in [1.807, 2.05) is 0 Å². The average Bonchev–Trinajstić information content (AvgIpc) is 2.53. The topological polar surface area (TPSA) is 57.9 Å². The molecule has 0 saturated heterocycles. The molecule has 2 rings (SSSR count). The zero-order valence-electron chi connectivity index (χ0n) is 12.6. The van der Waals surface area contributed by atoms with Gasteiger partial charge in [0.25, 0.3) is 9.84 Å². The smallest absolute Gasteiger partial charge is 0.214 e. The van der Waals surface area contributed by atoms with Crippen LogP contribution in [0, 0.1) is 17.2 Å². The summed E-state index contributed by atoms with van der Waals surface area (Å²) in [6.07, 6.45) is 3.53. The van der Waals surface area contributed by atoms with Gasteiger partial charge in [-0.15, -0.1) is 0 Å². The minimum atomic E-state index is -5.62. The van der Waals surface area contributed by atoms with E-state index in [4.69, 9.17) is 0 Å². The highest BCUT2D eigenvalue weighted by molar-refractivity contribution is 9.10. The highest BCUT2D eigenvalue weighted by Gasteiger charge is 2.50. The van der Waals surface area contributed by atoms with E-state index in [9.17, 15) is 26.9 Å². The van der Waals surface area contributed by atoms with Crippen LogP contribution in [-0.4, -0.2) is 13.9 Å². The van der Waals surface area contributed by atoms with Crippen LogP contribution in [0.25, 0.3) is 4.91 Å². The Morgan fingerprint density at radius 2 is 1.67 bits per heavy atom. The van der Waals surface area contributed by atoms with Crippen molar-refractivity contribution in [2.75, 3.05) is 0 Å². The Morgan fingerprint density at radius 3 is 2.12 bits per heavy atom. The number of sulfone groups is 1. The molecule has 24 heavy (non-hydrogen) atoms. The van der Waals surface area contributed by atoms with E-state index in [1.165, 1.54) is 24.3 Å². The van der Waals surface area contributed by atoms with Gasteiger partial charge in [-0.2, -0.15) is 18.4 Å². The lowest BCUT2D eigenvalue weighted by molar-refractivity contribution is -0.0420. The number of halogens is 4. The van der Waals surface area contributed by atoms with Gasteiger partial charge in [-0.05, 0) is 36.5 Å². The van der Waals surface area contributed by atoms with E-state index in [1.54, 1.807) is 6.07 Å². The summed E-state index contributed by atoms with van der Waals surface area (Å²) >= 11 is 3.16. The summed E-state index contributed by atoms with van der Waals surface area (Å²) in [5, 5.41) is 9.44. The molecule has 1 aromatic rings. The monoisotopic (exact) mass is 421 g/mol. The zero-order valence-corrected chi connectivity index (χ0v) is 15.0. The summed E-state index contributed by atoms with van der Waals surface area (Å²) in [5.74, 6) is -0.459. The van der Waals surface area contributed by atoms with Crippen LogP contribution >= 0.6 is 15.9 Å². The molecule has 0 atom stereocenters. The van der Waals surface area contributed by atoms with Crippen molar-refractivity contribution >= 4 is 30.7 Å². The molecule has 0 radical (unpaired) electrons. The molecule has 0 spiro atoms. The van der Waals surface area contributed by atoms with Crippen molar-refractivity contribution in [3.63, 3.8) is 0 Å². The van der Waals surface area contributed by atoms with Crippen molar-refractivity contribution in [1.82, 2.24) is 0 Å². The quantitative estimate of drug-likeness (QED) is 0.630. The SMILES string of the molecule is N#C/C(=C(\c1ccc(Br)cc1)S(=O)(=O)C(F)(F)F)C1CCCCC1. The fourth-order valence-corrected chi connectivity index (χ4v) is 4.34. The average molecular weight is 422 g/mol. The summed E-state index contributed by atoms with van der Waals surface area (Å²) in [4.78, 5) is -0.906. The van der Waals surface area contributed by atoms with Crippen LogP contribution in [-0.2, 0) is 9.84 Å². The number of rotatable bonds is 3. The second kappa shape index (κ2) is 7.28. The normalized spacial score (nSPS) is 18.0. The van der Waals surface area contributed by atoms with Crippen LogP contribution in [0.5, 0.6) is 0 Å². The van der Waals surface area contributed by atoms with Crippen molar-refractivity contribution in [2.45, 2.75) is 37.6 Å². The molecule has 0 bridgehead atoms. The minimum absolute atomic E-state index is 0.113. The van der Waals surface area contributed by atoms with Crippen LogP contribution in [0.3, 0.4) is 0 Å². The van der Waals surface area contributed by atoms with Crippen molar-refractivity contribution in [2.24, 2.45) is 5.92 Å². The third-order valence-corrected chi connectivity index (χ3v) is 6.19. The summed E-state index contributed by atoms with van der Waals surface area (Å²) in [6.45, 7) is 0. The van der Waals surface area contributed by atoms with Crippen LogP contribution < -0.4 is 0 Å². The molecule has 8 heteroatoms. The number of nitrogens with zero attached hydrogens (tertiary/aromatic N) is 1. The van der Waals surface area contributed by atoms with Crippen molar-refractivity contribution < 1.29 is 21.6 Å². The van der Waals surface area contributed by atoms with Crippen LogP contribution in [0.2, 0.25) is 0 Å². The predicted molar refractivity (Wildman–Crippen MR) is 88.2 cm³/mol. The highest BCUT2D eigenvalue weighted by atomic mass is 79.9. The predicted octanol–water partition coefficient (Wildman–Crippen LogP) is 5.20. The van der Waals surface area contributed by atoms with Gasteiger partial charge in [0.15, 0.2) is 0 Å². The standard InChI is InChI=1S/C16H15BrF3NO2S/c17-13-8-6-12(7-9-13)15(24(22,23)16(18,19)20)14(10-21)11-4-2-1-3-5-11/h6-9,11H,1-5H2/b15-14-. The minimum Gasteiger partial charge on any atom is -0.214 e. The largest absolute Gasteiger partial charge is 0.501 e. The molecule has 0 aliphatic heterocycles. The number of allylic oxidation sites excluding steroid dienone is 1. The molecule has 0 heterocycles. The van der Waals surface area contributed by atoms with Gasteiger partial charge in [0, 0.05) is 4.47 Å².